The monoisotopic (exact) mass is 330 g/mol. The lowest BCUT2D eigenvalue weighted by Crippen LogP contribution is -2.32. The SMILES string of the molecule is CC(NC(=O)C[C@@H]1CCC[C@H]1N)c1nc(-c2ccncc2)cs1. The molecule has 0 saturated heterocycles. The molecule has 1 saturated carbocycles. The Morgan fingerprint density at radius 2 is 2.22 bits per heavy atom. The number of nitrogens with zero attached hydrogens (tertiary/aromatic N) is 2. The third-order valence-corrected chi connectivity index (χ3v) is 5.44. The summed E-state index contributed by atoms with van der Waals surface area (Å²) in [6.07, 6.45) is 7.26. The summed E-state index contributed by atoms with van der Waals surface area (Å²) < 4.78 is 0. The second kappa shape index (κ2) is 7.19. The van der Waals surface area contributed by atoms with Gasteiger partial charge in [-0.1, -0.05) is 6.42 Å². The van der Waals surface area contributed by atoms with E-state index in [-0.39, 0.29) is 18.0 Å². The summed E-state index contributed by atoms with van der Waals surface area (Å²) in [7, 11) is 0. The van der Waals surface area contributed by atoms with Gasteiger partial charge in [0.15, 0.2) is 0 Å². The van der Waals surface area contributed by atoms with Crippen LogP contribution in [0.1, 0.15) is 43.7 Å². The minimum Gasteiger partial charge on any atom is -0.347 e. The van der Waals surface area contributed by atoms with Crippen LogP contribution in [0, 0.1) is 5.92 Å². The molecule has 2 aromatic rings. The molecule has 3 atom stereocenters. The minimum atomic E-state index is -0.0827. The number of carbonyl (C=O) groups excluding carboxylic acids is 1. The Hall–Kier alpha value is -1.79. The van der Waals surface area contributed by atoms with E-state index < -0.39 is 0 Å². The van der Waals surface area contributed by atoms with E-state index in [1.807, 2.05) is 24.4 Å². The molecule has 23 heavy (non-hydrogen) atoms. The molecular formula is C17H22N4OS. The fourth-order valence-corrected chi connectivity index (χ4v) is 3.90. The molecule has 0 radical (unpaired) electrons. The summed E-state index contributed by atoms with van der Waals surface area (Å²) in [6.45, 7) is 1.97. The van der Waals surface area contributed by atoms with Crippen molar-refractivity contribution in [3.8, 4) is 11.3 Å². The standard InChI is InChI=1S/C17H22N4OS/c1-11(20-16(22)9-13-3-2-4-14(13)18)17-21-15(10-23-17)12-5-7-19-8-6-12/h5-8,10-11,13-14H,2-4,9,18H2,1H3,(H,20,22)/t11?,13-,14+/m0/s1. The molecule has 1 aliphatic rings. The predicted molar refractivity (Wildman–Crippen MR) is 91.8 cm³/mol. The number of nitrogens with two attached hydrogens (primary N) is 1. The van der Waals surface area contributed by atoms with Crippen LogP contribution in [0.2, 0.25) is 0 Å². The third-order valence-electron chi connectivity index (χ3n) is 4.41. The van der Waals surface area contributed by atoms with E-state index in [0.717, 1.165) is 35.5 Å². The maximum absolute atomic E-state index is 12.2. The zero-order valence-electron chi connectivity index (χ0n) is 13.2. The van der Waals surface area contributed by atoms with Crippen molar-refractivity contribution in [3.63, 3.8) is 0 Å². The summed E-state index contributed by atoms with van der Waals surface area (Å²) in [4.78, 5) is 20.9. The van der Waals surface area contributed by atoms with E-state index in [9.17, 15) is 4.79 Å². The highest BCUT2D eigenvalue weighted by molar-refractivity contribution is 7.10. The first-order valence-corrected chi connectivity index (χ1v) is 8.92. The highest BCUT2D eigenvalue weighted by Gasteiger charge is 2.26. The lowest BCUT2D eigenvalue weighted by atomic mass is 10.00. The number of aromatic nitrogens is 2. The maximum atomic E-state index is 12.2. The smallest absolute Gasteiger partial charge is 0.220 e. The Balaban J connectivity index is 1.59. The van der Waals surface area contributed by atoms with Crippen molar-refractivity contribution in [1.29, 1.82) is 0 Å². The summed E-state index contributed by atoms with van der Waals surface area (Å²) in [6, 6.07) is 3.96. The molecule has 3 rings (SSSR count). The number of thiazole rings is 1. The maximum Gasteiger partial charge on any atom is 0.220 e. The van der Waals surface area contributed by atoms with Crippen LogP contribution >= 0.6 is 11.3 Å². The van der Waals surface area contributed by atoms with Crippen molar-refractivity contribution in [2.45, 2.75) is 44.7 Å². The largest absolute Gasteiger partial charge is 0.347 e. The van der Waals surface area contributed by atoms with Crippen LogP contribution in [-0.4, -0.2) is 21.9 Å². The average Bonchev–Trinajstić information content (AvgIpc) is 3.18. The Kier molecular flexibility index (Phi) is 5.03. The molecule has 2 aromatic heterocycles. The second-order valence-corrected chi connectivity index (χ2v) is 7.04. The van der Waals surface area contributed by atoms with Crippen molar-refractivity contribution in [2.24, 2.45) is 11.7 Å². The van der Waals surface area contributed by atoms with Gasteiger partial charge in [0.25, 0.3) is 0 Å². The Bertz CT molecular complexity index is 658. The van der Waals surface area contributed by atoms with Crippen molar-refractivity contribution < 1.29 is 4.79 Å². The summed E-state index contributed by atoms with van der Waals surface area (Å²) in [5, 5.41) is 5.98. The molecular weight excluding hydrogens is 308 g/mol. The van der Waals surface area contributed by atoms with Crippen LogP contribution in [-0.2, 0) is 4.79 Å². The molecule has 0 aliphatic heterocycles. The van der Waals surface area contributed by atoms with Crippen molar-refractivity contribution >= 4 is 17.2 Å². The van der Waals surface area contributed by atoms with E-state index >= 15 is 0 Å². The van der Waals surface area contributed by atoms with Crippen molar-refractivity contribution in [3.05, 3.63) is 34.9 Å². The number of amides is 1. The first-order chi connectivity index (χ1) is 11.1. The highest BCUT2D eigenvalue weighted by atomic mass is 32.1. The molecule has 1 aliphatic carbocycles. The number of hydrogen-bond donors (Lipinski definition) is 2. The van der Waals surface area contributed by atoms with Gasteiger partial charge in [-0.2, -0.15) is 0 Å². The van der Waals surface area contributed by atoms with Gasteiger partial charge in [-0.3, -0.25) is 9.78 Å². The fourth-order valence-electron chi connectivity index (χ4n) is 3.06. The first-order valence-electron chi connectivity index (χ1n) is 8.04. The van der Waals surface area contributed by atoms with Crippen LogP contribution < -0.4 is 11.1 Å². The zero-order chi connectivity index (χ0) is 16.2. The Labute approximate surface area is 140 Å². The van der Waals surface area contributed by atoms with E-state index in [4.69, 9.17) is 5.73 Å². The van der Waals surface area contributed by atoms with E-state index in [0.29, 0.717) is 12.3 Å². The topological polar surface area (TPSA) is 80.9 Å². The minimum absolute atomic E-state index is 0.0699. The van der Waals surface area contributed by atoms with Crippen LogP contribution in [0.4, 0.5) is 0 Å². The van der Waals surface area contributed by atoms with Gasteiger partial charge in [0.2, 0.25) is 5.91 Å². The van der Waals surface area contributed by atoms with Gasteiger partial charge in [0.05, 0.1) is 11.7 Å². The third kappa shape index (κ3) is 3.95. The molecule has 122 valence electrons. The van der Waals surface area contributed by atoms with Gasteiger partial charge < -0.3 is 11.1 Å². The van der Waals surface area contributed by atoms with E-state index in [1.165, 1.54) is 0 Å². The normalized spacial score (nSPS) is 22.0. The Morgan fingerprint density at radius 1 is 1.43 bits per heavy atom. The molecule has 0 spiro atoms. The predicted octanol–water partition coefficient (Wildman–Crippen LogP) is 2.90. The van der Waals surface area contributed by atoms with Crippen LogP contribution in [0.25, 0.3) is 11.3 Å². The molecule has 5 nitrogen and oxygen atoms in total. The fraction of sp³-hybridized carbons (Fsp3) is 0.471. The highest BCUT2D eigenvalue weighted by Crippen LogP contribution is 2.28. The molecule has 1 amide bonds. The van der Waals surface area contributed by atoms with E-state index in [1.54, 1.807) is 23.7 Å². The van der Waals surface area contributed by atoms with Crippen LogP contribution in [0.5, 0.6) is 0 Å². The molecule has 6 heteroatoms. The van der Waals surface area contributed by atoms with Gasteiger partial charge in [-0.15, -0.1) is 11.3 Å². The number of nitrogens with one attached hydrogen (secondary N) is 1. The van der Waals surface area contributed by atoms with Crippen LogP contribution in [0.3, 0.4) is 0 Å². The van der Waals surface area contributed by atoms with Crippen LogP contribution in [0.15, 0.2) is 29.9 Å². The Morgan fingerprint density at radius 3 is 2.91 bits per heavy atom. The second-order valence-electron chi connectivity index (χ2n) is 6.16. The lowest BCUT2D eigenvalue weighted by Gasteiger charge is -2.17. The van der Waals surface area contributed by atoms with Crippen molar-refractivity contribution in [1.82, 2.24) is 15.3 Å². The van der Waals surface area contributed by atoms with Gasteiger partial charge >= 0.3 is 0 Å². The molecule has 2 heterocycles. The molecule has 1 unspecified atom stereocenters. The molecule has 0 aromatic carbocycles. The van der Waals surface area contributed by atoms with Gasteiger partial charge in [-0.05, 0) is 37.8 Å². The molecule has 0 bridgehead atoms. The first kappa shape index (κ1) is 16.1. The number of pyridine rings is 1. The van der Waals surface area contributed by atoms with Gasteiger partial charge in [0.1, 0.15) is 5.01 Å². The number of hydrogen-bond acceptors (Lipinski definition) is 5. The number of carbonyl (C=O) groups is 1. The summed E-state index contributed by atoms with van der Waals surface area (Å²) in [5.41, 5.74) is 8.00. The number of rotatable bonds is 5. The quantitative estimate of drug-likeness (QED) is 0.883. The molecule has 3 N–H and O–H groups in total. The van der Waals surface area contributed by atoms with E-state index in [2.05, 4.69) is 15.3 Å². The van der Waals surface area contributed by atoms with Gasteiger partial charge in [-0.25, -0.2) is 4.98 Å². The average molecular weight is 330 g/mol. The summed E-state index contributed by atoms with van der Waals surface area (Å²) in [5.74, 6) is 0.395. The zero-order valence-corrected chi connectivity index (χ0v) is 14.1. The summed E-state index contributed by atoms with van der Waals surface area (Å²) >= 11 is 1.57. The van der Waals surface area contributed by atoms with Gasteiger partial charge in [0, 0.05) is 35.8 Å². The molecule has 1 fully saturated rings. The lowest BCUT2D eigenvalue weighted by molar-refractivity contribution is -0.122. The van der Waals surface area contributed by atoms with Crippen molar-refractivity contribution in [2.75, 3.05) is 0 Å².